The number of carboxylic acids is 1. The first-order valence-corrected chi connectivity index (χ1v) is 6.75. The van der Waals surface area contributed by atoms with Gasteiger partial charge in [0, 0.05) is 0 Å². The van der Waals surface area contributed by atoms with E-state index in [4.69, 9.17) is 9.84 Å². The monoisotopic (exact) mass is 321 g/mol. The molecule has 0 bridgehead atoms. The van der Waals surface area contributed by atoms with Crippen molar-refractivity contribution in [2.45, 2.75) is 12.6 Å². The number of nitrogens with one attached hydrogen (secondary N) is 2. The van der Waals surface area contributed by atoms with Gasteiger partial charge in [0.2, 0.25) is 0 Å². The predicted octanol–water partition coefficient (Wildman–Crippen LogP) is -0.0822. The Kier molecular flexibility index (Phi) is 5.13. The molecular weight excluding hydrogens is 306 g/mol. The van der Waals surface area contributed by atoms with E-state index in [1.807, 2.05) is 6.07 Å². The molecular formula is C14H15N3O6. The number of hydrogen-bond acceptors (Lipinski definition) is 5. The molecule has 0 radical (unpaired) electrons. The van der Waals surface area contributed by atoms with E-state index >= 15 is 0 Å². The van der Waals surface area contributed by atoms with Crippen molar-refractivity contribution in [3.63, 3.8) is 0 Å². The van der Waals surface area contributed by atoms with E-state index in [0.29, 0.717) is 4.90 Å². The van der Waals surface area contributed by atoms with Crippen molar-refractivity contribution in [3.8, 4) is 0 Å². The summed E-state index contributed by atoms with van der Waals surface area (Å²) in [5, 5.41) is 13.3. The number of aliphatic carboxylic acids is 1. The zero-order valence-corrected chi connectivity index (χ0v) is 12.0. The van der Waals surface area contributed by atoms with Crippen LogP contribution in [0.5, 0.6) is 0 Å². The molecule has 9 nitrogen and oxygen atoms in total. The number of rotatable bonds is 6. The first kappa shape index (κ1) is 16.3. The van der Waals surface area contributed by atoms with Crippen LogP contribution in [0.3, 0.4) is 0 Å². The van der Waals surface area contributed by atoms with E-state index in [-0.39, 0.29) is 13.2 Å². The van der Waals surface area contributed by atoms with E-state index in [2.05, 4.69) is 10.6 Å². The number of imide groups is 1. The Labute approximate surface area is 131 Å². The van der Waals surface area contributed by atoms with Crippen LogP contribution in [0.1, 0.15) is 5.56 Å². The Balaban J connectivity index is 1.77. The Bertz CT molecular complexity index is 618. The molecule has 23 heavy (non-hydrogen) atoms. The third-order valence-corrected chi connectivity index (χ3v) is 3.06. The number of carboxylic acid groups (broad SMARTS) is 1. The quantitative estimate of drug-likeness (QED) is 0.629. The minimum atomic E-state index is -1.30. The molecule has 0 spiro atoms. The number of hydrogen-bond donors (Lipinski definition) is 3. The number of carbonyl (C=O) groups is 4. The lowest BCUT2D eigenvalue weighted by atomic mass is 10.2. The van der Waals surface area contributed by atoms with Crippen LogP contribution in [0, 0.1) is 0 Å². The van der Waals surface area contributed by atoms with Gasteiger partial charge in [-0.05, 0) is 5.56 Å². The largest absolute Gasteiger partial charge is 0.480 e. The van der Waals surface area contributed by atoms with E-state index in [1.54, 1.807) is 24.3 Å². The molecule has 1 aliphatic heterocycles. The fraction of sp³-hybridized carbons (Fsp3) is 0.286. The fourth-order valence-corrected chi connectivity index (χ4v) is 1.96. The summed E-state index contributed by atoms with van der Waals surface area (Å²) in [6.07, 6.45) is -0.743. The normalized spacial score (nSPS) is 16.9. The lowest BCUT2D eigenvalue weighted by Gasteiger charge is -2.11. The lowest BCUT2D eigenvalue weighted by molar-refractivity contribution is -0.141. The molecule has 1 unspecified atom stereocenters. The summed E-state index contributed by atoms with van der Waals surface area (Å²) in [6, 6.07) is 7.21. The molecule has 2 rings (SSSR count). The van der Waals surface area contributed by atoms with Crippen LogP contribution < -0.4 is 10.6 Å². The van der Waals surface area contributed by atoms with Crippen LogP contribution in [-0.4, -0.2) is 53.1 Å². The van der Waals surface area contributed by atoms with E-state index in [1.165, 1.54) is 0 Å². The minimum Gasteiger partial charge on any atom is -0.480 e. The predicted molar refractivity (Wildman–Crippen MR) is 76.3 cm³/mol. The Morgan fingerprint density at radius 1 is 1.26 bits per heavy atom. The SMILES string of the molecule is O=C(O)CN1C(=O)NC(CNC(=O)OCc2ccccc2)C1=O. The first-order valence-electron chi connectivity index (χ1n) is 6.75. The lowest BCUT2D eigenvalue weighted by Crippen LogP contribution is -2.42. The summed E-state index contributed by atoms with van der Waals surface area (Å²) < 4.78 is 4.96. The van der Waals surface area contributed by atoms with Gasteiger partial charge in [0.15, 0.2) is 0 Å². The second-order valence-electron chi connectivity index (χ2n) is 4.76. The van der Waals surface area contributed by atoms with Gasteiger partial charge in [-0.2, -0.15) is 0 Å². The maximum Gasteiger partial charge on any atom is 0.407 e. The van der Waals surface area contributed by atoms with Gasteiger partial charge in [0.25, 0.3) is 5.91 Å². The van der Waals surface area contributed by atoms with Crippen LogP contribution in [0.4, 0.5) is 9.59 Å². The molecule has 4 amide bonds. The van der Waals surface area contributed by atoms with Crippen molar-refractivity contribution in [2.75, 3.05) is 13.1 Å². The third kappa shape index (κ3) is 4.43. The summed E-state index contributed by atoms with van der Waals surface area (Å²) in [6.45, 7) is -0.837. The van der Waals surface area contributed by atoms with Crippen molar-refractivity contribution >= 4 is 24.0 Å². The van der Waals surface area contributed by atoms with Crippen LogP contribution in [0.25, 0.3) is 0 Å². The van der Waals surface area contributed by atoms with Crippen molar-refractivity contribution in [2.24, 2.45) is 0 Å². The van der Waals surface area contributed by atoms with E-state index in [0.717, 1.165) is 5.56 Å². The van der Waals surface area contributed by atoms with E-state index in [9.17, 15) is 19.2 Å². The topological polar surface area (TPSA) is 125 Å². The number of alkyl carbamates (subject to hydrolysis) is 1. The Morgan fingerprint density at radius 3 is 2.61 bits per heavy atom. The molecule has 122 valence electrons. The minimum absolute atomic E-state index is 0.0722. The molecule has 1 aliphatic rings. The van der Waals surface area contributed by atoms with Gasteiger partial charge >= 0.3 is 18.1 Å². The van der Waals surface area contributed by atoms with Crippen molar-refractivity contribution in [3.05, 3.63) is 35.9 Å². The number of ether oxygens (including phenoxy) is 1. The molecule has 1 aromatic carbocycles. The van der Waals surface area contributed by atoms with Crippen LogP contribution in [-0.2, 0) is 20.9 Å². The zero-order valence-electron chi connectivity index (χ0n) is 12.0. The summed E-state index contributed by atoms with van der Waals surface area (Å²) in [7, 11) is 0. The van der Waals surface area contributed by atoms with Crippen molar-refractivity contribution in [1.29, 1.82) is 0 Å². The van der Waals surface area contributed by atoms with Crippen molar-refractivity contribution in [1.82, 2.24) is 15.5 Å². The summed E-state index contributed by atoms with van der Waals surface area (Å²) in [5.74, 6) is -2.01. The van der Waals surface area contributed by atoms with Gasteiger partial charge in [0.1, 0.15) is 19.2 Å². The molecule has 0 aliphatic carbocycles. The third-order valence-electron chi connectivity index (χ3n) is 3.06. The maximum atomic E-state index is 11.8. The summed E-state index contributed by atoms with van der Waals surface area (Å²) in [4.78, 5) is 46.0. The highest BCUT2D eigenvalue weighted by molar-refractivity contribution is 6.06. The van der Waals surface area contributed by atoms with Crippen LogP contribution >= 0.6 is 0 Å². The summed E-state index contributed by atoms with van der Waals surface area (Å²) in [5.41, 5.74) is 0.806. The van der Waals surface area contributed by atoms with Gasteiger partial charge in [-0.3, -0.25) is 14.5 Å². The standard InChI is InChI=1S/C14H15N3O6/c18-11(19)7-17-12(20)10(16-13(17)21)6-15-14(22)23-8-9-4-2-1-3-5-9/h1-5,10H,6-8H2,(H,15,22)(H,16,21)(H,18,19). The molecule has 1 saturated heterocycles. The molecule has 0 saturated carbocycles. The van der Waals surface area contributed by atoms with Gasteiger partial charge in [0.05, 0.1) is 6.54 Å². The number of urea groups is 1. The molecule has 9 heteroatoms. The highest BCUT2D eigenvalue weighted by Crippen LogP contribution is 2.06. The van der Waals surface area contributed by atoms with Crippen molar-refractivity contribution < 1.29 is 29.0 Å². The molecule has 3 N–H and O–H groups in total. The number of benzene rings is 1. The van der Waals surface area contributed by atoms with E-state index < -0.39 is 36.6 Å². The van der Waals surface area contributed by atoms with Crippen LogP contribution in [0.2, 0.25) is 0 Å². The maximum absolute atomic E-state index is 11.8. The highest BCUT2D eigenvalue weighted by Gasteiger charge is 2.39. The smallest absolute Gasteiger partial charge is 0.407 e. The second kappa shape index (κ2) is 7.25. The van der Waals surface area contributed by atoms with Gasteiger partial charge in [-0.1, -0.05) is 30.3 Å². The molecule has 1 fully saturated rings. The summed E-state index contributed by atoms with van der Waals surface area (Å²) >= 11 is 0. The number of amides is 4. The zero-order chi connectivity index (χ0) is 16.8. The second-order valence-corrected chi connectivity index (χ2v) is 4.76. The Hall–Kier alpha value is -3.10. The molecule has 1 heterocycles. The van der Waals surface area contributed by atoms with Gasteiger partial charge in [-0.25, -0.2) is 9.59 Å². The number of carbonyl (C=O) groups excluding carboxylic acids is 3. The molecule has 1 aromatic rings. The van der Waals surface area contributed by atoms with Gasteiger partial charge in [-0.15, -0.1) is 0 Å². The van der Waals surface area contributed by atoms with Gasteiger partial charge < -0.3 is 20.5 Å². The highest BCUT2D eigenvalue weighted by atomic mass is 16.5. The van der Waals surface area contributed by atoms with Crippen LogP contribution in [0.15, 0.2) is 30.3 Å². The average molecular weight is 321 g/mol. The number of nitrogens with zero attached hydrogens (tertiary/aromatic N) is 1. The Morgan fingerprint density at radius 2 is 1.96 bits per heavy atom. The fourth-order valence-electron chi connectivity index (χ4n) is 1.96. The first-order chi connectivity index (χ1) is 11.0. The molecule has 0 aromatic heterocycles. The average Bonchev–Trinajstić information content (AvgIpc) is 2.79. The molecule has 1 atom stereocenters.